The predicted octanol–water partition coefficient (Wildman–Crippen LogP) is 5.31. The predicted molar refractivity (Wildman–Crippen MR) is 77.3 cm³/mol. The largest absolute Gasteiger partial charge is 0.390 e. The van der Waals surface area contributed by atoms with Gasteiger partial charge in [0.1, 0.15) is 0 Å². The van der Waals surface area contributed by atoms with Gasteiger partial charge in [0.2, 0.25) is 0 Å². The number of rotatable bonds is 11. The summed E-state index contributed by atoms with van der Waals surface area (Å²) < 4.78 is 0. The summed E-state index contributed by atoms with van der Waals surface area (Å²) in [5, 5.41) is 9.89. The minimum Gasteiger partial charge on any atom is -0.390 e. The van der Waals surface area contributed by atoms with E-state index in [1.165, 1.54) is 57.8 Å². The van der Waals surface area contributed by atoms with E-state index in [9.17, 15) is 5.11 Å². The molecule has 0 saturated heterocycles. The van der Waals surface area contributed by atoms with Gasteiger partial charge in [0.25, 0.3) is 0 Å². The normalized spacial score (nSPS) is 13.9. The lowest BCUT2D eigenvalue weighted by molar-refractivity contribution is 0.0489. The quantitative estimate of drug-likeness (QED) is 0.486. The van der Waals surface area contributed by atoms with Crippen LogP contribution in [0.4, 0.5) is 0 Å². The second-order valence-electron chi connectivity index (χ2n) is 6.23. The second-order valence-corrected chi connectivity index (χ2v) is 6.23. The Morgan fingerprint density at radius 3 is 1.94 bits per heavy atom. The third-order valence-electron chi connectivity index (χ3n) is 3.45. The summed E-state index contributed by atoms with van der Waals surface area (Å²) in [6.45, 7) is 8.40. The molecule has 0 aromatic rings. The fourth-order valence-electron chi connectivity index (χ4n) is 2.68. The summed E-state index contributed by atoms with van der Waals surface area (Å²) in [4.78, 5) is 0. The van der Waals surface area contributed by atoms with Gasteiger partial charge in [0.05, 0.1) is 5.60 Å². The zero-order chi connectivity index (χ0) is 13.1. The van der Waals surface area contributed by atoms with Crippen molar-refractivity contribution in [2.75, 3.05) is 0 Å². The fourth-order valence-corrected chi connectivity index (χ4v) is 2.68. The molecule has 0 spiro atoms. The van der Waals surface area contributed by atoms with E-state index in [1.807, 2.05) is 13.8 Å². The van der Waals surface area contributed by atoms with Crippen LogP contribution in [0.3, 0.4) is 0 Å². The lowest BCUT2D eigenvalue weighted by Crippen LogP contribution is -2.23. The molecule has 1 heteroatoms. The summed E-state index contributed by atoms with van der Waals surface area (Å²) in [5.41, 5.74) is -0.484. The molecule has 1 N–H and O–H groups in total. The van der Waals surface area contributed by atoms with Gasteiger partial charge in [-0.3, -0.25) is 0 Å². The van der Waals surface area contributed by atoms with Gasteiger partial charge in [-0.15, -0.1) is 0 Å². The Hall–Kier alpha value is -0.0400. The van der Waals surface area contributed by atoms with E-state index in [0.29, 0.717) is 0 Å². The van der Waals surface area contributed by atoms with Gasteiger partial charge in [-0.25, -0.2) is 0 Å². The minimum atomic E-state index is -0.484. The third-order valence-corrected chi connectivity index (χ3v) is 3.45. The van der Waals surface area contributed by atoms with Crippen molar-refractivity contribution in [3.05, 3.63) is 0 Å². The van der Waals surface area contributed by atoms with Gasteiger partial charge in [0, 0.05) is 0 Å². The number of unbranched alkanes of at least 4 members (excludes halogenated alkanes) is 5. The average Bonchev–Trinajstić information content (AvgIpc) is 2.21. The van der Waals surface area contributed by atoms with Crippen molar-refractivity contribution < 1.29 is 5.11 Å². The maximum atomic E-state index is 9.89. The Balaban J connectivity index is 3.63. The van der Waals surface area contributed by atoms with Crippen LogP contribution in [0.5, 0.6) is 0 Å². The lowest BCUT2D eigenvalue weighted by atomic mass is 9.86. The van der Waals surface area contributed by atoms with Gasteiger partial charge in [-0.05, 0) is 26.2 Å². The first-order chi connectivity index (χ1) is 7.99. The Kier molecular flexibility index (Phi) is 9.91. The summed E-state index contributed by atoms with van der Waals surface area (Å²) in [6.07, 6.45) is 13.1. The van der Waals surface area contributed by atoms with Crippen LogP contribution in [0.25, 0.3) is 0 Å². The lowest BCUT2D eigenvalue weighted by Gasteiger charge is -2.24. The maximum absolute atomic E-state index is 9.89. The molecule has 0 saturated carbocycles. The topological polar surface area (TPSA) is 20.2 Å². The molecular weight excluding hydrogens is 208 g/mol. The highest BCUT2D eigenvalue weighted by molar-refractivity contribution is 4.72. The molecule has 0 aliphatic carbocycles. The highest BCUT2D eigenvalue weighted by atomic mass is 16.3. The molecule has 0 rings (SSSR count). The van der Waals surface area contributed by atoms with Crippen molar-refractivity contribution in [1.29, 1.82) is 0 Å². The molecule has 0 aliphatic heterocycles. The smallest absolute Gasteiger partial charge is 0.0594 e. The van der Waals surface area contributed by atoms with Crippen LogP contribution >= 0.6 is 0 Å². The average molecular weight is 242 g/mol. The van der Waals surface area contributed by atoms with E-state index in [1.54, 1.807) is 0 Å². The van der Waals surface area contributed by atoms with Gasteiger partial charge in [-0.2, -0.15) is 0 Å². The molecule has 0 bridgehead atoms. The standard InChI is InChI=1S/C16H34O/c1-5-7-8-9-10-11-13-15(12-6-2)14-16(3,4)17/h15,17H,5-14H2,1-4H3. The zero-order valence-electron chi connectivity index (χ0n) is 12.6. The first-order valence-electron chi connectivity index (χ1n) is 7.72. The molecule has 0 heterocycles. The van der Waals surface area contributed by atoms with Gasteiger partial charge >= 0.3 is 0 Å². The highest BCUT2D eigenvalue weighted by Gasteiger charge is 2.19. The molecule has 0 aliphatic rings. The van der Waals surface area contributed by atoms with Crippen LogP contribution in [0.15, 0.2) is 0 Å². The zero-order valence-corrected chi connectivity index (χ0v) is 12.6. The summed E-state index contributed by atoms with van der Waals surface area (Å²) in [5.74, 6) is 0.728. The Bertz CT molecular complexity index is 157. The Morgan fingerprint density at radius 2 is 1.41 bits per heavy atom. The molecule has 1 atom stereocenters. The summed E-state index contributed by atoms with van der Waals surface area (Å²) in [6, 6.07) is 0. The number of aliphatic hydroxyl groups is 1. The monoisotopic (exact) mass is 242 g/mol. The number of hydrogen-bond donors (Lipinski definition) is 1. The van der Waals surface area contributed by atoms with Crippen molar-refractivity contribution >= 4 is 0 Å². The van der Waals surface area contributed by atoms with Crippen molar-refractivity contribution in [3.63, 3.8) is 0 Å². The molecule has 1 unspecified atom stereocenters. The third kappa shape index (κ3) is 12.2. The van der Waals surface area contributed by atoms with E-state index in [0.717, 1.165) is 12.3 Å². The molecule has 104 valence electrons. The van der Waals surface area contributed by atoms with Crippen LogP contribution in [-0.4, -0.2) is 10.7 Å². The fraction of sp³-hybridized carbons (Fsp3) is 1.00. The summed E-state index contributed by atoms with van der Waals surface area (Å²) in [7, 11) is 0. The van der Waals surface area contributed by atoms with Crippen molar-refractivity contribution in [1.82, 2.24) is 0 Å². The van der Waals surface area contributed by atoms with Crippen molar-refractivity contribution in [2.45, 2.75) is 97.5 Å². The number of hydrogen-bond acceptors (Lipinski definition) is 1. The van der Waals surface area contributed by atoms with Crippen LogP contribution in [0.2, 0.25) is 0 Å². The van der Waals surface area contributed by atoms with Gasteiger partial charge in [0.15, 0.2) is 0 Å². The first kappa shape index (κ1) is 17.0. The van der Waals surface area contributed by atoms with Crippen LogP contribution < -0.4 is 0 Å². The molecule has 17 heavy (non-hydrogen) atoms. The molecule has 1 nitrogen and oxygen atoms in total. The van der Waals surface area contributed by atoms with E-state index in [2.05, 4.69) is 13.8 Å². The minimum absolute atomic E-state index is 0.484. The van der Waals surface area contributed by atoms with E-state index in [-0.39, 0.29) is 0 Å². The van der Waals surface area contributed by atoms with Crippen LogP contribution in [-0.2, 0) is 0 Å². The second kappa shape index (κ2) is 9.94. The van der Waals surface area contributed by atoms with Crippen molar-refractivity contribution in [2.24, 2.45) is 5.92 Å². The van der Waals surface area contributed by atoms with E-state index < -0.39 is 5.60 Å². The molecule has 0 fully saturated rings. The van der Waals surface area contributed by atoms with E-state index in [4.69, 9.17) is 0 Å². The van der Waals surface area contributed by atoms with Crippen LogP contribution in [0, 0.1) is 5.92 Å². The Morgan fingerprint density at radius 1 is 0.824 bits per heavy atom. The molecule has 0 aromatic heterocycles. The van der Waals surface area contributed by atoms with E-state index >= 15 is 0 Å². The maximum Gasteiger partial charge on any atom is 0.0594 e. The van der Waals surface area contributed by atoms with Crippen LogP contribution in [0.1, 0.15) is 91.9 Å². The molecule has 0 radical (unpaired) electrons. The van der Waals surface area contributed by atoms with Gasteiger partial charge < -0.3 is 5.11 Å². The summed E-state index contributed by atoms with van der Waals surface area (Å²) >= 11 is 0. The molecular formula is C16H34O. The molecule has 0 aromatic carbocycles. The van der Waals surface area contributed by atoms with Crippen molar-refractivity contribution in [3.8, 4) is 0 Å². The Labute approximate surface area is 109 Å². The molecule has 0 amide bonds. The van der Waals surface area contributed by atoms with Gasteiger partial charge in [-0.1, -0.05) is 71.6 Å². The first-order valence-corrected chi connectivity index (χ1v) is 7.72. The SMILES string of the molecule is CCCCCCCCC(CCC)CC(C)(C)O. The highest BCUT2D eigenvalue weighted by Crippen LogP contribution is 2.25.